The van der Waals surface area contributed by atoms with E-state index in [0.717, 1.165) is 5.56 Å². The van der Waals surface area contributed by atoms with Crippen LogP contribution in [0.3, 0.4) is 0 Å². The Morgan fingerprint density at radius 1 is 1.02 bits per heavy atom. The van der Waals surface area contributed by atoms with Crippen LogP contribution < -0.4 is 0 Å². The number of ketones is 1. The predicted octanol–water partition coefficient (Wildman–Crippen LogP) is 3.85. The van der Waals surface area contributed by atoms with Crippen molar-refractivity contribution in [2.24, 2.45) is 10.9 Å². The van der Waals surface area contributed by atoms with Crippen LogP contribution >= 0.6 is 0 Å². The van der Waals surface area contributed by atoms with Gasteiger partial charge in [0.05, 0.1) is 11.2 Å². The lowest BCUT2D eigenvalue weighted by Gasteiger charge is -2.46. The van der Waals surface area contributed by atoms with Crippen molar-refractivity contribution in [3.63, 3.8) is 0 Å². The number of aliphatic imine (C=N–C) groups is 1. The lowest BCUT2D eigenvalue weighted by Crippen LogP contribution is -2.63. The van der Waals surface area contributed by atoms with Gasteiger partial charge in [0.25, 0.3) is 11.8 Å². The third kappa shape index (κ3) is 5.83. The first-order valence-electron chi connectivity index (χ1n) is 13.4. The summed E-state index contributed by atoms with van der Waals surface area (Å²) in [5, 5.41) is 2.48. The number of carbonyl (C=O) groups is 4. The van der Waals surface area contributed by atoms with Crippen molar-refractivity contribution in [2.45, 2.75) is 65.6 Å². The van der Waals surface area contributed by atoms with E-state index in [2.05, 4.69) is 4.99 Å². The summed E-state index contributed by atoms with van der Waals surface area (Å²) in [6.07, 6.45) is 1.72. The third-order valence-corrected chi connectivity index (χ3v) is 6.90. The molecule has 9 nitrogen and oxygen atoms in total. The first-order chi connectivity index (χ1) is 18.9. The van der Waals surface area contributed by atoms with E-state index in [1.807, 2.05) is 64.1 Å². The summed E-state index contributed by atoms with van der Waals surface area (Å²) in [5.74, 6) is -2.14. The quantitative estimate of drug-likeness (QED) is 0.503. The number of hydrogen-bond donors (Lipinski definition) is 0. The first kappa shape index (κ1) is 28.7. The van der Waals surface area contributed by atoms with E-state index in [0.29, 0.717) is 11.3 Å². The van der Waals surface area contributed by atoms with Gasteiger partial charge in [0.1, 0.15) is 18.7 Å². The van der Waals surface area contributed by atoms with Gasteiger partial charge in [-0.2, -0.15) is 0 Å². The summed E-state index contributed by atoms with van der Waals surface area (Å²) >= 11 is 0. The van der Waals surface area contributed by atoms with Crippen molar-refractivity contribution in [2.75, 3.05) is 6.61 Å². The van der Waals surface area contributed by atoms with Crippen LogP contribution in [0, 0.1) is 5.92 Å². The van der Waals surface area contributed by atoms with Crippen molar-refractivity contribution < 1.29 is 23.9 Å². The molecule has 0 N–H and O–H groups in total. The number of nitrogens with zero attached hydrogens (tertiary/aromatic N) is 4. The Balaban J connectivity index is 1.92. The second kappa shape index (κ2) is 11.5. The number of carbonyl (C=O) groups excluding carboxylic acids is 4. The second-order valence-electron chi connectivity index (χ2n) is 11.1. The van der Waals surface area contributed by atoms with Gasteiger partial charge in [0.15, 0.2) is 0 Å². The van der Waals surface area contributed by atoms with Crippen molar-refractivity contribution in [3.8, 4) is 0 Å². The summed E-state index contributed by atoms with van der Waals surface area (Å²) in [5.41, 5.74) is 1.13. The molecule has 2 heterocycles. The number of hydrogen-bond acceptors (Lipinski definition) is 6. The molecule has 3 amide bonds. The van der Waals surface area contributed by atoms with Crippen LogP contribution in [0.25, 0.3) is 5.70 Å². The molecular formula is C31H36N4O5. The van der Waals surface area contributed by atoms with Crippen molar-refractivity contribution in [3.05, 3.63) is 78.0 Å². The molecule has 2 aliphatic heterocycles. The lowest BCUT2D eigenvalue weighted by molar-refractivity contribution is -0.167. The van der Waals surface area contributed by atoms with Gasteiger partial charge in [0, 0.05) is 32.0 Å². The highest BCUT2D eigenvalue weighted by molar-refractivity contribution is 6.39. The summed E-state index contributed by atoms with van der Waals surface area (Å²) < 4.78 is 5.70. The molecule has 4 rings (SSSR count). The molecule has 210 valence electrons. The highest BCUT2D eigenvalue weighted by atomic mass is 16.5. The van der Waals surface area contributed by atoms with Gasteiger partial charge in [0.2, 0.25) is 17.6 Å². The Morgan fingerprint density at radius 3 is 2.12 bits per heavy atom. The topological polar surface area (TPSA) is 99.6 Å². The molecule has 1 unspecified atom stereocenters. The molecule has 2 aromatic rings. The maximum absolute atomic E-state index is 14.3. The van der Waals surface area contributed by atoms with Gasteiger partial charge in [-0.05, 0) is 25.3 Å². The number of Topliss-reactive ketones (excluding diaryl/α,β-unsaturated/α-hetero) is 1. The minimum absolute atomic E-state index is 0.0716. The van der Waals surface area contributed by atoms with Gasteiger partial charge < -0.3 is 9.64 Å². The fourth-order valence-corrected chi connectivity index (χ4v) is 5.03. The second-order valence-corrected chi connectivity index (χ2v) is 11.1. The molecule has 40 heavy (non-hydrogen) atoms. The number of amides is 3. The molecule has 9 heteroatoms. The van der Waals surface area contributed by atoms with Crippen LogP contribution in [0.4, 0.5) is 0 Å². The molecular weight excluding hydrogens is 508 g/mol. The van der Waals surface area contributed by atoms with E-state index >= 15 is 0 Å². The van der Waals surface area contributed by atoms with E-state index in [1.54, 1.807) is 30.5 Å². The van der Waals surface area contributed by atoms with Gasteiger partial charge in [-0.3, -0.25) is 19.2 Å². The Bertz CT molecular complexity index is 1350. The number of rotatable bonds is 8. The molecule has 0 spiro atoms. The number of hydrazine groups is 1. The SMILES string of the molecule is CC(=O)N1C=C(c2ccccc2)N(N(C(C)=O)[C@@H](Cc2ccccc2)C(=O)C2=NC(C)(C)CO2)C(=O)C1C(C)C. The molecule has 0 aromatic heterocycles. The molecule has 2 atom stereocenters. The Labute approximate surface area is 235 Å². The summed E-state index contributed by atoms with van der Waals surface area (Å²) in [6, 6.07) is 16.3. The lowest BCUT2D eigenvalue weighted by atomic mass is 9.97. The minimum atomic E-state index is -1.14. The van der Waals surface area contributed by atoms with E-state index in [1.165, 1.54) is 28.8 Å². The van der Waals surface area contributed by atoms with Gasteiger partial charge in [-0.25, -0.2) is 15.0 Å². The zero-order valence-corrected chi connectivity index (χ0v) is 23.8. The Morgan fingerprint density at radius 2 is 1.62 bits per heavy atom. The van der Waals surface area contributed by atoms with Gasteiger partial charge in [-0.1, -0.05) is 74.5 Å². The van der Waals surface area contributed by atoms with E-state index in [9.17, 15) is 19.2 Å². The summed E-state index contributed by atoms with van der Waals surface area (Å²) in [4.78, 5) is 60.6. The van der Waals surface area contributed by atoms with Gasteiger partial charge >= 0.3 is 0 Å². The van der Waals surface area contributed by atoms with E-state index in [-0.39, 0.29) is 30.8 Å². The van der Waals surface area contributed by atoms with E-state index < -0.39 is 35.2 Å². The maximum atomic E-state index is 14.3. The largest absolute Gasteiger partial charge is 0.473 e. The minimum Gasteiger partial charge on any atom is -0.473 e. The third-order valence-electron chi connectivity index (χ3n) is 6.90. The first-order valence-corrected chi connectivity index (χ1v) is 13.4. The van der Waals surface area contributed by atoms with Crippen LogP contribution in [0.15, 0.2) is 71.9 Å². The smallest absolute Gasteiger partial charge is 0.269 e. The summed E-state index contributed by atoms with van der Waals surface area (Å²) in [7, 11) is 0. The predicted molar refractivity (Wildman–Crippen MR) is 151 cm³/mol. The molecule has 2 aliphatic rings. The Hall–Kier alpha value is -4.27. The fourth-order valence-electron chi connectivity index (χ4n) is 5.03. The average molecular weight is 545 g/mol. The highest BCUT2D eigenvalue weighted by Crippen LogP contribution is 2.33. The summed E-state index contributed by atoms with van der Waals surface area (Å²) in [6.45, 7) is 10.3. The van der Waals surface area contributed by atoms with Crippen LogP contribution in [0.5, 0.6) is 0 Å². The van der Waals surface area contributed by atoms with Crippen molar-refractivity contribution in [1.82, 2.24) is 14.9 Å². The number of benzene rings is 2. The molecule has 0 bridgehead atoms. The van der Waals surface area contributed by atoms with Crippen LogP contribution in [0.1, 0.15) is 52.7 Å². The van der Waals surface area contributed by atoms with Gasteiger partial charge in [-0.15, -0.1) is 0 Å². The number of ether oxygens (including phenoxy) is 1. The van der Waals surface area contributed by atoms with E-state index in [4.69, 9.17) is 4.74 Å². The molecule has 0 saturated heterocycles. The van der Waals surface area contributed by atoms with Crippen LogP contribution in [-0.4, -0.2) is 68.5 Å². The van der Waals surface area contributed by atoms with Crippen molar-refractivity contribution >= 4 is 35.1 Å². The zero-order chi connectivity index (χ0) is 29.2. The van der Waals surface area contributed by atoms with Crippen LogP contribution in [-0.2, 0) is 30.3 Å². The zero-order valence-electron chi connectivity index (χ0n) is 23.8. The molecule has 0 radical (unpaired) electrons. The van der Waals surface area contributed by atoms with Crippen LogP contribution in [0.2, 0.25) is 0 Å². The molecule has 0 aliphatic carbocycles. The maximum Gasteiger partial charge on any atom is 0.269 e. The van der Waals surface area contributed by atoms with Crippen molar-refractivity contribution in [1.29, 1.82) is 0 Å². The molecule has 2 aromatic carbocycles. The fraction of sp³-hybridized carbons (Fsp3) is 0.387. The highest BCUT2D eigenvalue weighted by Gasteiger charge is 2.47. The normalized spacial score (nSPS) is 19.1. The molecule has 0 saturated carbocycles. The monoisotopic (exact) mass is 544 g/mol. The average Bonchev–Trinajstić information content (AvgIpc) is 3.28. The Kier molecular flexibility index (Phi) is 8.23. The standard InChI is InChI=1S/C31H36N4O5/c1-20(2)27-30(39)35(26(18-33(27)21(3)36)24-15-11-8-12-16-24)34(22(4)37)25(17-23-13-9-7-10-14-23)28(38)29-32-31(5,6)19-40-29/h7-16,18,20,25,27H,17,19H2,1-6H3/t25-,27?/m0/s1. The molecule has 0 fully saturated rings.